The van der Waals surface area contributed by atoms with Crippen molar-refractivity contribution in [1.82, 2.24) is 0 Å². The van der Waals surface area contributed by atoms with Crippen LogP contribution in [0.3, 0.4) is 0 Å². The highest BCUT2D eigenvalue weighted by Gasteiger charge is 2.20. The predicted molar refractivity (Wildman–Crippen MR) is 97.2 cm³/mol. The van der Waals surface area contributed by atoms with Gasteiger partial charge < -0.3 is 4.90 Å². The molecule has 1 saturated heterocycles. The maximum Gasteiger partial charge on any atom is 0.271 e. The molecule has 0 saturated carbocycles. The third kappa shape index (κ3) is 3.62. The molecule has 0 atom stereocenters. The highest BCUT2D eigenvalue weighted by atomic mass is 32.2. The smallest absolute Gasteiger partial charge is 0.271 e. The van der Waals surface area contributed by atoms with E-state index < -0.39 is 10.0 Å². The normalized spacial score (nSPS) is 15.5. The van der Waals surface area contributed by atoms with Crippen LogP contribution in [-0.4, -0.2) is 20.9 Å². The van der Waals surface area contributed by atoms with E-state index >= 15 is 0 Å². The van der Waals surface area contributed by atoms with Gasteiger partial charge in [0.25, 0.3) is 10.0 Å². The molecule has 1 aliphatic rings. The summed E-state index contributed by atoms with van der Waals surface area (Å²) in [7, 11) is -3.56. The monoisotopic (exact) mass is 364 g/mol. The minimum atomic E-state index is -3.56. The van der Waals surface area contributed by atoms with Gasteiger partial charge in [0.2, 0.25) is 5.91 Å². The number of hydrogen-bond donors (Lipinski definition) is 1. The molecule has 128 valence electrons. The van der Waals surface area contributed by atoms with Crippen LogP contribution in [0.1, 0.15) is 31.1 Å². The van der Waals surface area contributed by atoms with E-state index in [-0.39, 0.29) is 5.91 Å². The lowest BCUT2D eigenvalue weighted by atomic mass is 10.1. The predicted octanol–water partition coefficient (Wildman–Crippen LogP) is 3.63. The second-order valence-corrected chi connectivity index (χ2v) is 8.81. The number of carbonyl (C=O) groups is 1. The van der Waals surface area contributed by atoms with E-state index in [1.807, 2.05) is 13.0 Å². The van der Waals surface area contributed by atoms with Crippen molar-refractivity contribution in [3.8, 4) is 0 Å². The minimum Gasteiger partial charge on any atom is -0.312 e. The van der Waals surface area contributed by atoms with Crippen molar-refractivity contribution in [3.63, 3.8) is 0 Å². The van der Waals surface area contributed by atoms with E-state index in [0.717, 1.165) is 36.4 Å². The van der Waals surface area contributed by atoms with Crippen LogP contribution in [0, 0.1) is 0 Å². The maximum absolute atomic E-state index is 12.4. The molecular formula is C17H20N2O3S2. The highest BCUT2D eigenvalue weighted by molar-refractivity contribution is 7.94. The van der Waals surface area contributed by atoms with E-state index in [2.05, 4.69) is 4.72 Å². The quantitative estimate of drug-likeness (QED) is 0.881. The highest BCUT2D eigenvalue weighted by Crippen LogP contribution is 2.26. The lowest BCUT2D eigenvalue weighted by Crippen LogP contribution is -2.35. The van der Waals surface area contributed by atoms with Gasteiger partial charge in [0.05, 0.1) is 0 Å². The Balaban J connectivity index is 1.75. The topological polar surface area (TPSA) is 66.5 Å². The summed E-state index contributed by atoms with van der Waals surface area (Å²) in [6, 6.07) is 10.4. The molecule has 2 aromatic rings. The number of piperidine rings is 1. The van der Waals surface area contributed by atoms with Crippen LogP contribution in [0.2, 0.25) is 0 Å². The Morgan fingerprint density at radius 3 is 2.50 bits per heavy atom. The average molecular weight is 364 g/mol. The SMILES string of the molecule is CCc1ccc(S(=O)(=O)Nc2ccc(N3CCCCC3=O)cc2)s1. The molecule has 1 amide bonds. The molecule has 2 heterocycles. The molecule has 3 rings (SSSR count). The Hall–Kier alpha value is -1.86. The lowest BCUT2D eigenvalue weighted by molar-refractivity contribution is -0.119. The molecule has 0 aliphatic carbocycles. The summed E-state index contributed by atoms with van der Waals surface area (Å²) < 4.78 is 27.7. The van der Waals surface area contributed by atoms with E-state index in [1.165, 1.54) is 11.3 Å². The van der Waals surface area contributed by atoms with Gasteiger partial charge in [-0.2, -0.15) is 0 Å². The maximum atomic E-state index is 12.4. The first kappa shape index (κ1) is 17.0. The Morgan fingerprint density at radius 2 is 1.88 bits per heavy atom. The zero-order valence-corrected chi connectivity index (χ0v) is 15.1. The van der Waals surface area contributed by atoms with Crippen molar-refractivity contribution in [2.75, 3.05) is 16.2 Å². The summed E-state index contributed by atoms with van der Waals surface area (Å²) in [4.78, 5) is 14.7. The van der Waals surface area contributed by atoms with E-state index in [4.69, 9.17) is 0 Å². The number of nitrogens with zero attached hydrogens (tertiary/aromatic N) is 1. The van der Waals surface area contributed by atoms with Crippen molar-refractivity contribution in [2.24, 2.45) is 0 Å². The van der Waals surface area contributed by atoms with Gasteiger partial charge in [-0.25, -0.2) is 8.42 Å². The minimum absolute atomic E-state index is 0.125. The van der Waals surface area contributed by atoms with Crippen molar-refractivity contribution in [2.45, 2.75) is 36.8 Å². The molecule has 1 aliphatic heterocycles. The molecule has 7 heteroatoms. The fraction of sp³-hybridized carbons (Fsp3) is 0.353. The van der Waals surface area contributed by atoms with E-state index in [1.54, 1.807) is 35.2 Å². The number of anilines is 2. The molecule has 24 heavy (non-hydrogen) atoms. The number of amides is 1. The zero-order valence-electron chi connectivity index (χ0n) is 13.5. The van der Waals surface area contributed by atoms with Crippen LogP contribution in [0.25, 0.3) is 0 Å². The van der Waals surface area contributed by atoms with Crippen LogP contribution < -0.4 is 9.62 Å². The first-order valence-corrected chi connectivity index (χ1v) is 10.3. The van der Waals surface area contributed by atoms with Crippen LogP contribution in [0.5, 0.6) is 0 Å². The molecule has 1 N–H and O–H groups in total. The summed E-state index contributed by atoms with van der Waals surface area (Å²) >= 11 is 1.28. The summed E-state index contributed by atoms with van der Waals surface area (Å²) in [5.74, 6) is 0.125. The van der Waals surface area contributed by atoms with Gasteiger partial charge in [-0.1, -0.05) is 6.92 Å². The second-order valence-electron chi connectivity index (χ2n) is 5.73. The first-order chi connectivity index (χ1) is 11.5. The van der Waals surface area contributed by atoms with Crippen LogP contribution in [-0.2, 0) is 21.2 Å². The fourth-order valence-electron chi connectivity index (χ4n) is 2.69. The molecule has 1 fully saturated rings. The Labute approximate surface area is 146 Å². The van der Waals surface area contributed by atoms with Crippen LogP contribution in [0.4, 0.5) is 11.4 Å². The molecule has 1 aromatic heterocycles. The zero-order chi connectivity index (χ0) is 17.2. The molecule has 0 unspecified atom stereocenters. The first-order valence-electron chi connectivity index (χ1n) is 8.01. The number of thiophene rings is 1. The third-order valence-electron chi connectivity index (χ3n) is 4.00. The number of hydrogen-bond acceptors (Lipinski definition) is 4. The largest absolute Gasteiger partial charge is 0.312 e. The summed E-state index contributed by atoms with van der Waals surface area (Å²) in [6.45, 7) is 2.72. The van der Waals surface area contributed by atoms with Crippen LogP contribution >= 0.6 is 11.3 Å². The summed E-state index contributed by atoms with van der Waals surface area (Å²) in [5.41, 5.74) is 1.31. The molecule has 5 nitrogen and oxygen atoms in total. The molecule has 0 spiro atoms. The number of benzene rings is 1. The van der Waals surface area contributed by atoms with Gasteiger partial charge in [0, 0.05) is 29.2 Å². The number of aryl methyl sites for hydroxylation is 1. The number of sulfonamides is 1. The standard InChI is InChI=1S/C17H20N2O3S2/c1-2-15-10-11-17(23-15)24(21,22)18-13-6-8-14(9-7-13)19-12-4-3-5-16(19)20/h6-11,18H,2-5,12H2,1H3. The Morgan fingerprint density at radius 1 is 1.12 bits per heavy atom. The third-order valence-corrected chi connectivity index (χ3v) is 7.11. The lowest BCUT2D eigenvalue weighted by Gasteiger charge is -2.26. The van der Waals surface area contributed by atoms with Gasteiger partial charge in [-0.15, -0.1) is 11.3 Å². The Kier molecular flexibility index (Phi) is 4.91. The van der Waals surface area contributed by atoms with Gasteiger partial charge in [-0.05, 0) is 55.7 Å². The molecular weight excluding hydrogens is 344 g/mol. The number of carbonyl (C=O) groups excluding carboxylic acids is 1. The molecule has 1 aromatic carbocycles. The van der Waals surface area contributed by atoms with E-state index in [0.29, 0.717) is 16.3 Å². The second kappa shape index (κ2) is 6.94. The summed E-state index contributed by atoms with van der Waals surface area (Å²) in [5, 5.41) is 0. The fourth-order valence-corrected chi connectivity index (χ4v) is 5.04. The van der Waals surface area contributed by atoms with Crippen molar-refractivity contribution in [1.29, 1.82) is 0 Å². The van der Waals surface area contributed by atoms with Gasteiger partial charge in [0.15, 0.2) is 0 Å². The van der Waals surface area contributed by atoms with Crippen molar-refractivity contribution in [3.05, 3.63) is 41.3 Å². The number of rotatable bonds is 5. The molecule has 0 radical (unpaired) electrons. The van der Waals surface area contributed by atoms with Gasteiger partial charge in [0.1, 0.15) is 4.21 Å². The average Bonchev–Trinajstić information content (AvgIpc) is 3.06. The van der Waals surface area contributed by atoms with Crippen molar-refractivity contribution >= 4 is 38.6 Å². The van der Waals surface area contributed by atoms with Crippen LogP contribution in [0.15, 0.2) is 40.6 Å². The Bertz CT molecular complexity index is 826. The van der Waals surface area contributed by atoms with Gasteiger partial charge >= 0.3 is 0 Å². The summed E-state index contributed by atoms with van der Waals surface area (Å²) in [6.07, 6.45) is 3.33. The number of nitrogens with one attached hydrogen (secondary N) is 1. The van der Waals surface area contributed by atoms with Crippen molar-refractivity contribution < 1.29 is 13.2 Å². The molecule has 0 bridgehead atoms. The van der Waals surface area contributed by atoms with Gasteiger partial charge in [-0.3, -0.25) is 9.52 Å². The van der Waals surface area contributed by atoms with E-state index in [9.17, 15) is 13.2 Å².